The Hall–Kier alpha value is -1.09. The quantitative estimate of drug-likeness (QED) is 0.497. The molecule has 1 fully saturated rings. The van der Waals surface area contributed by atoms with Gasteiger partial charge < -0.3 is 10.2 Å². The topological polar surface area (TPSA) is 32.3 Å². The average Bonchev–Trinajstić information content (AvgIpc) is 2.19. The summed E-state index contributed by atoms with van der Waals surface area (Å²) in [5.74, 6) is 0.111. The monoisotopic (exact) mass is 180 g/mol. The summed E-state index contributed by atoms with van der Waals surface area (Å²) in [4.78, 5) is 13.3. The van der Waals surface area contributed by atoms with Gasteiger partial charge in [0.2, 0.25) is 5.91 Å². The molecule has 1 heterocycles. The van der Waals surface area contributed by atoms with E-state index < -0.39 is 0 Å². The van der Waals surface area contributed by atoms with Crippen LogP contribution in [0.4, 0.5) is 0 Å². The van der Waals surface area contributed by atoms with Crippen molar-refractivity contribution >= 4 is 5.91 Å². The van der Waals surface area contributed by atoms with Crippen molar-refractivity contribution in [1.29, 1.82) is 0 Å². The van der Waals surface area contributed by atoms with Crippen molar-refractivity contribution in [2.75, 3.05) is 26.2 Å². The Morgan fingerprint density at radius 2 is 2.00 bits per heavy atom. The number of piperazine rings is 1. The number of carbonyl (C=O) groups is 1. The summed E-state index contributed by atoms with van der Waals surface area (Å²) in [6.45, 7) is 5.38. The number of carbonyl (C=O) groups excluding carboxylic acids is 1. The molecule has 0 bridgehead atoms. The normalized spacial score (nSPS) is 18.7. The molecular formula is C10H16N2O. The van der Waals surface area contributed by atoms with Gasteiger partial charge in [0.25, 0.3) is 0 Å². The maximum Gasteiger partial charge on any atom is 0.246 e. The minimum Gasteiger partial charge on any atom is -0.337 e. The van der Waals surface area contributed by atoms with Gasteiger partial charge in [-0.2, -0.15) is 0 Å². The Morgan fingerprint density at radius 3 is 2.62 bits per heavy atom. The average molecular weight is 180 g/mol. The van der Waals surface area contributed by atoms with E-state index in [1.165, 1.54) is 0 Å². The molecule has 0 aromatic heterocycles. The minimum atomic E-state index is 0.111. The van der Waals surface area contributed by atoms with Crippen molar-refractivity contribution in [2.45, 2.75) is 6.92 Å². The maximum atomic E-state index is 11.5. The van der Waals surface area contributed by atoms with Gasteiger partial charge in [-0.1, -0.05) is 18.2 Å². The zero-order valence-corrected chi connectivity index (χ0v) is 7.99. The highest BCUT2D eigenvalue weighted by molar-refractivity contribution is 5.87. The van der Waals surface area contributed by atoms with E-state index >= 15 is 0 Å². The number of hydrogen-bond acceptors (Lipinski definition) is 2. The summed E-state index contributed by atoms with van der Waals surface area (Å²) in [6.07, 6.45) is 7.16. The lowest BCUT2D eigenvalue weighted by atomic mass is 10.3. The molecule has 0 spiro atoms. The summed E-state index contributed by atoms with van der Waals surface area (Å²) < 4.78 is 0. The van der Waals surface area contributed by atoms with Crippen LogP contribution in [0.5, 0.6) is 0 Å². The standard InChI is InChI=1S/C10H16N2O/c1-2-3-4-5-10(13)12-8-6-11-7-9-12/h2-5,11H,6-9H2,1H3/b3-2+,5-4+. The zero-order chi connectivity index (χ0) is 9.52. The number of rotatable bonds is 2. The lowest BCUT2D eigenvalue weighted by Crippen LogP contribution is -2.45. The molecule has 0 radical (unpaired) electrons. The molecule has 1 aliphatic rings. The first-order chi connectivity index (χ1) is 6.34. The molecule has 1 saturated heterocycles. The summed E-state index contributed by atoms with van der Waals surface area (Å²) in [6, 6.07) is 0. The summed E-state index contributed by atoms with van der Waals surface area (Å²) in [5.41, 5.74) is 0. The first-order valence-corrected chi connectivity index (χ1v) is 4.63. The fourth-order valence-electron chi connectivity index (χ4n) is 1.24. The van der Waals surface area contributed by atoms with E-state index in [1.807, 2.05) is 24.0 Å². The fourth-order valence-corrected chi connectivity index (χ4v) is 1.24. The van der Waals surface area contributed by atoms with Crippen LogP contribution in [-0.4, -0.2) is 37.0 Å². The number of nitrogens with zero attached hydrogens (tertiary/aromatic N) is 1. The van der Waals surface area contributed by atoms with Gasteiger partial charge in [-0.25, -0.2) is 0 Å². The smallest absolute Gasteiger partial charge is 0.246 e. The molecule has 3 heteroatoms. The molecule has 3 nitrogen and oxygen atoms in total. The molecule has 0 saturated carbocycles. The van der Waals surface area contributed by atoms with E-state index in [2.05, 4.69) is 5.32 Å². The Morgan fingerprint density at radius 1 is 1.31 bits per heavy atom. The van der Waals surface area contributed by atoms with Crippen LogP contribution < -0.4 is 5.32 Å². The van der Waals surface area contributed by atoms with Crippen molar-refractivity contribution < 1.29 is 4.79 Å². The lowest BCUT2D eigenvalue weighted by Gasteiger charge is -2.26. The van der Waals surface area contributed by atoms with Crippen LogP contribution in [0.25, 0.3) is 0 Å². The molecule has 72 valence electrons. The van der Waals surface area contributed by atoms with E-state index in [-0.39, 0.29) is 5.91 Å². The third-order valence-electron chi connectivity index (χ3n) is 1.97. The molecule has 1 rings (SSSR count). The highest BCUT2D eigenvalue weighted by Crippen LogP contribution is 1.94. The molecule has 0 unspecified atom stereocenters. The largest absolute Gasteiger partial charge is 0.337 e. The SMILES string of the molecule is C/C=C/C=C/C(=O)N1CCNCC1. The van der Waals surface area contributed by atoms with Crippen LogP contribution in [0.1, 0.15) is 6.92 Å². The van der Waals surface area contributed by atoms with Crippen molar-refractivity contribution in [1.82, 2.24) is 10.2 Å². The van der Waals surface area contributed by atoms with Crippen LogP contribution >= 0.6 is 0 Å². The lowest BCUT2D eigenvalue weighted by molar-refractivity contribution is -0.126. The molecule has 0 aliphatic carbocycles. The molecule has 1 amide bonds. The number of amides is 1. The minimum absolute atomic E-state index is 0.111. The Bertz CT molecular complexity index is 215. The molecule has 1 N–H and O–H groups in total. The van der Waals surface area contributed by atoms with E-state index in [1.54, 1.807) is 12.2 Å². The number of nitrogens with one attached hydrogen (secondary N) is 1. The summed E-state index contributed by atoms with van der Waals surface area (Å²) >= 11 is 0. The second kappa shape index (κ2) is 5.54. The Labute approximate surface area is 79.1 Å². The summed E-state index contributed by atoms with van der Waals surface area (Å²) in [5, 5.41) is 3.20. The Balaban J connectivity index is 2.37. The fraction of sp³-hybridized carbons (Fsp3) is 0.500. The second-order valence-corrected chi connectivity index (χ2v) is 2.96. The molecular weight excluding hydrogens is 164 g/mol. The van der Waals surface area contributed by atoms with E-state index in [0.717, 1.165) is 26.2 Å². The van der Waals surface area contributed by atoms with Gasteiger partial charge in [0.15, 0.2) is 0 Å². The van der Waals surface area contributed by atoms with E-state index in [9.17, 15) is 4.79 Å². The van der Waals surface area contributed by atoms with Crippen molar-refractivity contribution in [3.8, 4) is 0 Å². The van der Waals surface area contributed by atoms with Crippen LogP contribution in [0.15, 0.2) is 24.3 Å². The van der Waals surface area contributed by atoms with Gasteiger partial charge in [-0.15, -0.1) is 0 Å². The first kappa shape index (κ1) is 9.99. The highest BCUT2D eigenvalue weighted by Gasteiger charge is 2.12. The van der Waals surface area contributed by atoms with Gasteiger partial charge in [-0.3, -0.25) is 4.79 Å². The van der Waals surface area contributed by atoms with Crippen LogP contribution in [0.2, 0.25) is 0 Å². The highest BCUT2D eigenvalue weighted by atomic mass is 16.2. The van der Waals surface area contributed by atoms with Crippen molar-refractivity contribution in [3.05, 3.63) is 24.3 Å². The Kier molecular flexibility index (Phi) is 4.26. The van der Waals surface area contributed by atoms with Gasteiger partial charge in [-0.05, 0) is 6.92 Å². The van der Waals surface area contributed by atoms with E-state index in [4.69, 9.17) is 0 Å². The molecule has 0 atom stereocenters. The molecule has 13 heavy (non-hydrogen) atoms. The predicted molar refractivity (Wildman–Crippen MR) is 53.4 cm³/mol. The zero-order valence-electron chi connectivity index (χ0n) is 7.99. The van der Waals surface area contributed by atoms with Crippen LogP contribution in [0, 0.1) is 0 Å². The van der Waals surface area contributed by atoms with Gasteiger partial charge in [0.1, 0.15) is 0 Å². The van der Waals surface area contributed by atoms with Crippen LogP contribution in [-0.2, 0) is 4.79 Å². The molecule has 1 aliphatic heterocycles. The summed E-state index contributed by atoms with van der Waals surface area (Å²) in [7, 11) is 0. The van der Waals surface area contributed by atoms with Crippen molar-refractivity contribution in [2.24, 2.45) is 0 Å². The van der Waals surface area contributed by atoms with Gasteiger partial charge >= 0.3 is 0 Å². The molecule has 0 aromatic carbocycles. The first-order valence-electron chi connectivity index (χ1n) is 4.63. The van der Waals surface area contributed by atoms with Gasteiger partial charge in [0.05, 0.1) is 0 Å². The van der Waals surface area contributed by atoms with Crippen LogP contribution in [0.3, 0.4) is 0 Å². The third-order valence-corrected chi connectivity index (χ3v) is 1.97. The van der Waals surface area contributed by atoms with Crippen molar-refractivity contribution in [3.63, 3.8) is 0 Å². The maximum absolute atomic E-state index is 11.5. The second-order valence-electron chi connectivity index (χ2n) is 2.96. The van der Waals surface area contributed by atoms with E-state index in [0.29, 0.717) is 0 Å². The number of allylic oxidation sites excluding steroid dienone is 3. The molecule has 0 aromatic rings. The number of hydrogen-bond donors (Lipinski definition) is 1. The van der Waals surface area contributed by atoms with Gasteiger partial charge in [0, 0.05) is 32.3 Å². The predicted octanol–water partition coefficient (Wildman–Crippen LogP) is 0.550. The third kappa shape index (κ3) is 3.42.